The van der Waals surface area contributed by atoms with Gasteiger partial charge in [0.05, 0.1) is 22.8 Å². The highest BCUT2D eigenvalue weighted by Gasteiger charge is 2.59. The van der Waals surface area contributed by atoms with Gasteiger partial charge in [0.1, 0.15) is 6.17 Å². The molecule has 2 saturated heterocycles. The largest absolute Gasteiger partial charge is 0.465 e. The molecule has 3 heterocycles. The van der Waals surface area contributed by atoms with Gasteiger partial charge in [-0.3, -0.25) is 19.3 Å². The van der Waals surface area contributed by atoms with E-state index >= 15 is 0 Å². The summed E-state index contributed by atoms with van der Waals surface area (Å²) in [6, 6.07) is 8.90. The summed E-state index contributed by atoms with van der Waals surface area (Å²) in [6.07, 6.45) is -0.335. The number of carboxylic acid groups (broad SMARTS) is 1. The molecular formula is C21H21N3O5. The van der Waals surface area contributed by atoms with Crippen LogP contribution >= 0.6 is 0 Å². The van der Waals surface area contributed by atoms with Gasteiger partial charge in [-0.2, -0.15) is 0 Å². The predicted octanol–water partition coefficient (Wildman–Crippen LogP) is 3.06. The van der Waals surface area contributed by atoms with E-state index in [-0.39, 0.29) is 12.2 Å². The lowest BCUT2D eigenvalue weighted by Crippen LogP contribution is -2.44. The number of amides is 3. The number of nitrogens with zero attached hydrogens (tertiary/aromatic N) is 3. The molecular weight excluding hydrogens is 374 g/mol. The van der Waals surface area contributed by atoms with Gasteiger partial charge in [-0.05, 0) is 45.4 Å². The van der Waals surface area contributed by atoms with Crippen molar-refractivity contribution in [3.05, 3.63) is 41.5 Å². The van der Waals surface area contributed by atoms with Crippen molar-refractivity contribution >= 4 is 34.4 Å². The SMILES string of the molecule is CC(C)(C)ON1C(=O)c2cccc3c(N4CCC5C4N5C(=O)O)ccc(c23)C1=O. The summed E-state index contributed by atoms with van der Waals surface area (Å²) in [5.74, 6) is -0.976. The quantitative estimate of drug-likeness (QED) is 0.621. The van der Waals surface area contributed by atoms with E-state index in [4.69, 9.17) is 4.84 Å². The second-order valence-electron chi connectivity index (χ2n) is 8.62. The number of hydroxylamine groups is 2. The minimum absolute atomic E-state index is 0.0113. The van der Waals surface area contributed by atoms with E-state index in [2.05, 4.69) is 4.90 Å². The third-order valence-corrected chi connectivity index (χ3v) is 5.62. The molecule has 8 nitrogen and oxygen atoms in total. The number of carbonyl (C=O) groups excluding carboxylic acids is 2. The van der Waals surface area contributed by atoms with Crippen molar-refractivity contribution in [3.63, 3.8) is 0 Å². The van der Waals surface area contributed by atoms with Crippen LogP contribution in [0.4, 0.5) is 10.5 Å². The Morgan fingerprint density at radius 2 is 1.79 bits per heavy atom. The van der Waals surface area contributed by atoms with Gasteiger partial charge >= 0.3 is 6.09 Å². The number of hydrogen-bond acceptors (Lipinski definition) is 5. The molecule has 1 N–H and O–H groups in total. The van der Waals surface area contributed by atoms with Crippen LogP contribution in [0.2, 0.25) is 0 Å². The maximum atomic E-state index is 13.0. The first-order valence-electron chi connectivity index (χ1n) is 9.60. The van der Waals surface area contributed by atoms with Crippen molar-refractivity contribution in [2.45, 2.75) is 45.0 Å². The van der Waals surface area contributed by atoms with E-state index in [1.165, 1.54) is 4.90 Å². The number of fused-ring (bicyclic) bond motifs is 1. The van der Waals surface area contributed by atoms with E-state index in [1.807, 2.05) is 12.1 Å². The lowest BCUT2D eigenvalue weighted by molar-refractivity contribution is -0.168. The fraction of sp³-hybridized carbons (Fsp3) is 0.381. The van der Waals surface area contributed by atoms with E-state index in [9.17, 15) is 19.5 Å². The molecule has 2 fully saturated rings. The van der Waals surface area contributed by atoms with Crippen LogP contribution < -0.4 is 4.90 Å². The molecule has 3 amide bonds. The summed E-state index contributed by atoms with van der Waals surface area (Å²) < 4.78 is 0. The van der Waals surface area contributed by atoms with Gasteiger partial charge in [0, 0.05) is 23.0 Å². The number of anilines is 1. The van der Waals surface area contributed by atoms with E-state index < -0.39 is 23.5 Å². The van der Waals surface area contributed by atoms with Gasteiger partial charge in [-0.1, -0.05) is 12.1 Å². The number of hydrogen-bond donors (Lipinski definition) is 1. The summed E-state index contributed by atoms with van der Waals surface area (Å²) in [5.41, 5.74) is 0.954. The maximum absolute atomic E-state index is 13.0. The zero-order valence-corrected chi connectivity index (χ0v) is 16.4. The Labute approximate surface area is 167 Å². The Morgan fingerprint density at radius 1 is 1.10 bits per heavy atom. The summed E-state index contributed by atoms with van der Waals surface area (Å²) in [5, 5.41) is 11.6. The minimum Gasteiger partial charge on any atom is -0.465 e. The molecule has 0 aromatic heterocycles. The number of benzene rings is 2. The predicted molar refractivity (Wildman–Crippen MR) is 105 cm³/mol. The third-order valence-electron chi connectivity index (χ3n) is 5.62. The van der Waals surface area contributed by atoms with Gasteiger partial charge in [-0.25, -0.2) is 4.79 Å². The van der Waals surface area contributed by atoms with Gasteiger partial charge < -0.3 is 10.0 Å². The summed E-state index contributed by atoms with van der Waals surface area (Å²) in [6.45, 7) is 6.07. The lowest BCUT2D eigenvalue weighted by Gasteiger charge is -2.32. The number of rotatable bonds is 2. The molecule has 0 spiro atoms. The Balaban J connectivity index is 1.62. The van der Waals surface area contributed by atoms with Crippen molar-refractivity contribution in [1.82, 2.24) is 9.96 Å². The van der Waals surface area contributed by atoms with Crippen molar-refractivity contribution in [3.8, 4) is 0 Å². The van der Waals surface area contributed by atoms with Gasteiger partial charge in [0.2, 0.25) is 0 Å². The first kappa shape index (κ1) is 17.9. The van der Waals surface area contributed by atoms with Gasteiger partial charge in [0.15, 0.2) is 0 Å². The second-order valence-corrected chi connectivity index (χ2v) is 8.62. The molecule has 3 aliphatic rings. The maximum Gasteiger partial charge on any atom is 0.409 e. The molecule has 2 aromatic carbocycles. The highest BCUT2D eigenvalue weighted by atomic mass is 16.7. The summed E-state index contributed by atoms with van der Waals surface area (Å²) in [7, 11) is 0. The number of carbonyl (C=O) groups is 3. The van der Waals surface area contributed by atoms with Gasteiger partial charge in [0.25, 0.3) is 11.8 Å². The highest BCUT2D eigenvalue weighted by Crippen LogP contribution is 2.45. The van der Waals surface area contributed by atoms with E-state index in [1.54, 1.807) is 39.0 Å². The Kier molecular flexibility index (Phi) is 3.52. The fourth-order valence-corrected chi connectivity index (χ4v) is 4.50. The van der Waals surface area contributed by atoms with Crippen molar-refractivity contribution in [1.29, 1.82) is 0 Å². The van der Waals surface area contributed by atoms with Crippen molar-refractivity contribution in [2.24, 2.45) is 0 Å². The second kappa shape index (κ2) is 5.70. The molecule has 8 heteroatoms. The molecule has 5 rings (SSSR count). The summed E-state index contributed by atoms with van der Waals surface area (Å²) >= 11 is 0. The molecule has 29 heavy (non-hydrogen) atoms. The average molecular weight is 395 g/mol. The smallest absolute Gasteiger partial charge is 0.409 e. The molecule has 2 aromatic rings. The lowest BCUT2D eigenvalue weighted by atomic mass is 9.93. The first-order chi connectivity index (χ1) is 13.7. The monoisotopic (exact) mass is 395 g/mol. The molecule has 0 radical (unpaired) electrons. The van der Waals surface area contributed by atoms with E-state index in [0.29, 0.717) is 16.5 Å². The first-order valence-corrected chi connectivity index (χ1v) is 9.60. The Hall–Kier alpha value is -3.13. The van der Waals surface area contributed by atoms with Crippen LogP contribution in [0.15, 0.2) is 30.3 Å². The molecule has 0 saturated carbocycles. The third kappa shape index (κ3) is 2.52. The van der Waals surface area contributed by atoms with Crippen LogP contribution in [-0.4, -0.2) is 57.3 Å². The highest BCUT2D eigenvalue weighted by molar-refractivity contribution is 6.26. The average Bonchev–Trinajstić information content (AvgIpc) is 3.23. The van der Waals surface area contributed by atoms with Crippen LogP contribution in [0.1, 0.15) is 47.9 Å². The van der Waals surface area contributed by atoms with Crippen LogP contribution in [-0.2, 0) is 4.84 Å². The molecule has 0 aliphatic carbocycles. The molecule has 150 valence electrons. The Bertz CT molecular complexity index is 1070. The molecule has 0 bridgehead atoms. The molecule has 2 atom stereocenters. The zero-order valence-electron chi connectivity index (χ0n) is 16.4. The fourth-order valence-electron chi connectivity index (χ4n) is 4.50. The van der Waals surface area contributed by atoms with Crippen LogP contribution in [0.3, 0.4) is 0 Å². The van der Waals surface area contributed by atoms with Crippen molar-refractivity contribution < 1.29 is 24.3 Å². The van der Waals surface area contributed by atoms with Crippen LogP contribution in [0.25, 0.3) is 10.8 Å². The van der Waals surface area contributed by atoms with Crippen LogP contribution in [0, 0.1) is 0 Å². The van der Waals surface area contributed by atoms with Gasteiger partial charge in [-0.15, -0.1) is 5.06 Å². The number of imide groups is 1. The zero-order chi connectivity index (χ0) is 20.7. The topological polar surface area (TPSA) is 90.2 Å². The molecule has 3 aliphatic heterocycles. The summed E-state index contributed by atoms with van der Waals surface area (Å²) in [4.78, 5) is 46.6. The van der Waals surface area contributed by atoms with Crippen molar-refractivity contribution in [2.75, 3.05) is 11.4 Å². The molecule has 2 unspecified atom stereocenters. The normalized spacial score (nSPS) is 23.1. The Morgan fingerprint density at radius 3 is 2.41 bits per heavy atom. The minimum atomic E-state index is -0.923. The standard InChI is InChI=1S/C21H21N3O5/c1-21(2,3)29-24-18(25)12-6-4-5-11-14(8-7-13(16(11)12)19(24)26)22-10-9-15-17(22)23(15)20(27)28/h4-8,15,17H,9-10H2,1-3H3,(H,27,28). The van der Waals surface area contributed by atoms with E-state index in [0.717, 1.165) is 29.1 Å². The van der Waals surface area contributed by atoms with Crippen LogP contribution in [0.5, 0.6) is 0 Å².